The van der Waals surface area contributed by atoms with E-state index in [1.807, 2.05) is 6.08 Å². The minimum absolute atomic E-state index is 0.0373. The molecule has 3 heteroatoms. The van der Waals surface area contributed by atoms with Crippen molar-refractivity contribution < 1.29 is 4.79 Å². The summed E-state index contributed by atoms with van der Waals surface area (Å²) in [5, 5.41) is 0. The maximum Gasteiger partial charge on any atom is 0.154 e. The third-order valence-corrected chi connectivity index (χ3v) is 1.58. The van der Waals surface area contributed by atoms with E-state index in [9.17, 15) is 4.79 Å². The lowest BCUT2D eigenvalue weighted by Crippen LogP contribution is -2.13. The van der Waals surface area contributed by atoms with Crippen LogP contribution in [-0.2, 0) is 4.79 Å². The lowest BCUT2D eigenvalue weighted by Gasteiger charge is -2.06. The van der Waals surface area contributed by atoms with Gasteiger partial charge in [-0.2, -0.15) is 0 Å². The topological polar surface area (TPSA) is 55.5 Å². The highest BCUT2D eigenvalue weighted by Gasteiger charge is 2.04. The van der Waals surface area contributed by atoms with Crippen molar-refractivity contribution in [3.63, 3.8) is 0 Å². The van der Waals surface area contributed by atoms with E-state index in [2.05, 4.69) is 4.99 Å². The van der Waals surface area contributed by atoms with Crippen LogP contribution in [0.15, 0.2) is 29.0 Å². The van der Waals surface area contributed by atoms with Gasteiger partial charge in [0.1, 0.15) is 0 Å². The zero-order chi connectivity index (χ0) is 8.97. The molecular weight excluding hydrogens is 152 g/mol. The SMILES string of the molecule is CC(=O)C=C(N)C1=NC=CCC1. The van der Waals surface area contributed by atoms with Crippen LogP contribution < -0.4 is 5.73 Å². The van der Waals surface area contributed by atoms with Crippen LogP contribution in [0.25, 0.3) is 0 Å². The number of allylic oxidation sites excluding steroid dienone is 3. The van der Waals surface area contributed by atoms with Crippen molar-refractivity contribution in [1.82, 2.24) is 0 Å². The maximum absolute atomic E-state index is 10.7. The number of nitrogens with two attached hydrogens (primary N) is 1. The van der Waals surface area contributed by atoms with Gasteiger partial charge >= 0.3 is 0 Å². The van der Waals surface area contributed by atoms with E-state index in [0.717, 1.165) is 18.6 Å². The summed E-state index contributed by atoms with van der Waals surface area (Å²) in [6, 6.07) is 0. The summed E-state index contributed by atoms with van der Waals surface area (Å²) in [5.41, 5.74) is 6.93. The van der Waals surface area contributed by atoms with Gasteiger partial charge in [-0.15, -0.1) is 0 Å². The number of rotatable bonds is 2. The third kappa shape index (κ3) is 2.34. The zero-order valence-electron chi connectivity index (χ0n) is 7.08. The second-order valence-electron chi connectivity index (χ2n) is 2.71. The van der Waals surface area contributed by atoms with E-state index in [1.54, 1.807) is 6.20 Å². The molecule has 0 aromatic carbocycles. The maximum atomic E-state index is 10.7. The molecule has 0 amide bonds. The molecule has 0 spiro atoms. The summed E-state index contributed by atoms with van der Waals surface area (Å²) in [6.07, 6.45) is 6.89. The minimum Gasteiger partial charge on any atom is -0.397 e. The number of aliphatic imine (C=N–C) groups is 1. The summed E-state index contributed by atoms with van der Waals surface area (Å²) in [5.74, 6) is -0.0373. The molecule has 0 unspecified atom stereocenters. The van der Waals surface area contributed by atoms with Crippen molar-refractivity contribution >= 4 is 11.5 Å². The first-order valence-electron chi connectivity index (χ1n) is 3.90. The average molecular weight is 164 g/mol. The predicted molar refractivity (Wildman–Crippen MR) is 48.8 cm³/mol. The van der Waals surface area contributed by atoms with E-state index in [0.29, 0.717) is 5.70 Å². The Kier molecular flexibility index (Phi) is 2.80. The van der Waals surface area contributed by atoms with E-state index in [1.165, 1.54) is 13.0 Å². The molecule has 0 aliphatic carbocycles. The molecule has 0 fully saturated rings. The van der Waals surface area contributed by atoms with Gasteiger partial charge in [0.05, 0.1) is 11.4 Å². The molecule has 64 valence electrons. The van der Waals surface area contributed by atoms with Crippen molar-refractivity contribution in [3.05, 3.63) is 24.0 Å². The smallest absolute Gasteiger partial charge is 0.154 e. The molecule has 0 aromatic heterocycles. The van der Waals surface area contributed by atoms with Crippen LogP contribution in [0.2, 0.25) is 0 Å². The van der Waals surface area contributed by atoms with Crippen LogP contribution in [0.1, 0.15) is 19.8 Å². The molecule has 3 nitrogen and oxygen atoms in total. The zero-order valence-corrected chi connectivity index (χ0v) is 7.08. The van der Waals surface area contributed by atoms with Gasteiger partial charge in [-0.1, -0.05) is 6.08 Å². The monoisotopic (exact) mass is 164 g/mol. The fourth-order valence-electron chi connectivity index (χ4n) is 1.02. The van der Waals surface area contributed by atoms with Crippen molar-refractivity contribution in [1.29, 1.82) is 0 Å². The summed E-state index contributed by atoms with van der Waals surface area (Å²) < 4.78 is 0. The predicted octanol–water partition coefficient (Wildman–Crippen LogP) is 1.17. The highest BCUT2D eigenvalue weighted by Crippen LogP contribution is 2.06. The number of hydrogen-bond donors (Lipinski definition) is 1. The number of hydrogen-bond acceptors (Lipinski definition) is 3. The van der Waals surface area contributed by atoms with Crippen LogP contribution in [0.4, 0.5) is 0 Å². The van der Waals surface area contributed by atoms with Crippen LogP contribution in [0.3, 0.4) is 0 Å². The molecule has 0 aromatic rings. The Morgan fingerprint density at radius 2 is 2.50 bits per heavy atom. The number of carbonyl (C=O) groups excluding carboxylic acids is 1. The normalized spacial score (nSPS) is 17.4. The lowest BCUT2D eigenvalue weighted by molar-refractivity contribution is -0.112. The molecule has 0 atom stereocenters. The fraction of sp³-hybridized carbons (Fsp3) is 0.333. The first-order chi connectivity index (χ1) is 5.70. The van der Waals surface area contributed by atoms with E-state index >= 15 is 0 Å². The van der Waals surface area contributed by atoms with Gasteiger partial charge in [0.2, 0.25) is 0 Å². The fourth-order valence-corrected chi connectivity index (χ4v) is 1.02. The van der Waals surface area contributed by atoms with Gasteiger partial charge in [0.15, 0.2) is 5.78 Å². The third-order valence-electron chi connectivity index (χ3n) is 1.58. The van der Waals surface area contributed by atoms with Gasteiger partial charge in [-0.05, 0) is 19.8 Å². The number of carbonyl (C=O) groups is 1. The lowest BCUT2D eigenvalue weighted by atomic mass is 10.1. The highest BCUT2D eigenvalue weighted by atomic mass is 16.1. The Bertz CT molecular complexity index is 274. The highest BCUT2D eigenvalue weighted by molar-refractivity contribution is 6.05. The second kappa shape index (κ2) is 3.85. The van der Waals surface area contributed by atoms with Crippen LogP contribution in [-0.4, -0.2) is 11.5 Å². The second-order valence-corrected chi connectivity index (χ2v) is 2.71. The molecule has 12 heavy (non-hydrogen) atoms. The Morgan fingerprint density at radius 1 is 1.75 bits per heavy atom. The van der Waals surface area contributed by atoms with Crippen LogP contribution in [0, 0.1) is 0 Å². The molecule has 2 N–H and O–H groups in total. The van der Waals surface area contributed by atoms with Gasteiger partial charge < -0.3 is 5.73 Å². The van der Waals surface area contributed by atoms with Crippen molar-refractivity contribution in [2.24, 2.45) is 10.7 Å². The van der Waals surface area contributed by atoms with E-state index in [-0.39, 0.29) is 5.78 Å². The number of ketones is 1. The first kappa shape index (κ1) is 8.71. The molecule has 0 saturated carbocycles. The minimum atomic E-state index is -0.0373. The molecule has 1 heterocycles. The van der Waals surface area contributed by atoms with Crippen molar-refractivity contribution in [2.75, 3.05) is 0 Å². The average Bonchev–Trinajstić information content (AvgIpc) is 2.05. The molecule has 0 saturated heterocycles. The molecule has 0 radical (unpaired) electrons. The first-order valence-corrected chi connectivity index (χ1v) is 3.90. The molecule has 1 aliphatic rings. The Morgan fingerprint density at radius 3 is 3.00 bits per heavy atom. The summed E-state index contributed by atoms with van der Waals surface area (Å²) >= 11 is 0. The Hall–Kier alpha value is -1.38. The van der Waals surface area contributed by atoms with Crippen molar-refractivity contribution in [2.45, 2.75) is 19.8 Å². The van der Waals surface area contributed by atoms with Gasteiger partial charge in [0, 0.05) is 12.3 Å². The van der Waals surface area contributed by atoms with Gasteiger partial charge in [-0.3, -0.25) is 9.79 Å². The van der Waals surface area contributed by atoms with Gasteiger partial charge in [-0.25, -0.2) is 0 Å². The standard InChI is InChI=1S/C9H12N2O/c1-7(12)6-8(10)9-4-2-3-5-11-9/h3,5-6H,2,4,10H2,1H3. The summed E-state index contributed by atoms with van der Waals surface area (Å²) in [4.78, 5) is 14.7. The van der Waals surface area contributed by atoms with E-state index in [4.69, 9.17) is 5.73 Å². The molecule has 1 rings (SSSR count). The van der Waals surface area contributed by atoms with Crippen LogP contribution in [0.5, 0.6) is 0 Å². The Balaban J connectivity index is 2.75. The van der Waals surface area contributed by atoms with Gasteiger partial charge in [0.25, 0.3) is 0 Å². The number of nitrogens with zero attached hydrogens (tertiary/aromatic N) is 1. The summed E-state index contributed by atoms with van der Waals surface area (Å²) in [6.45, 7) is 1.48. The van der Waals surface area contributed by atoms with Crippen molar-refractivity contribution in [3.8, 4) is 0 Å². The summed E-state index contributed by atoms with van der Waals surface area (Å²) in [7, 11) is 0. The quantitative estimate of drug-likeness (QED) is 0.623. The van der Waals surface area contributed by atoms with Crippen LogP contribution >= 0.6 is 0 Å². The molecular formula is C9H12N2O. The molecule has 0 bridgehead atoms. The van der Waals surface area contributed by atoms with E-state index < -0.39 is 0 Å². The molecule has 1 aliphatic heterocycles. The Labute approximate surface area is 71.7 Å². The largest absolute Gasteiger partial charge is 0.397 e.